The lowest BCUT2D eigenvalue weighted by atomic mass is 9.40. The highest BCUT2D eigenvalue weighted by molar-refractivity contribution is 5.84. The average Bonchev–Trinajstić information content (AvgIpc) is 3.23. The van der Waals surface area contributed by atoms with Gasteiger partial charge in [-0.2, -0.15) is 5.10 Å². The van der Waals surface area contributed by atoms with Crippen LogP contribution in [0.5, 0.6) is 0 Å². The largest absolute Gasteiger partial charge is 0.335 e. The minimum absolute atomic E-state index is 0.0757. The van der Waals surface area contributed by atoms with Crippen molar-refractivity contribution in [3.05, 3.63) is 18.0 Å². The molecule has 1 aromatic heterocycles. The van der Waals surface area contributed by atoms with Crippen molar-refractivity contribution in [2.24, 2.45) is 29.2 Å². The lowest BCUT2D eigenvalue weighted by molar-refractivity contribution is -0.180. The van der Waals surface area contributed by atoms with Gasteiger partial charge in [-0.25, -0.2) is 0 Å². The molecule has 0 N–H and O–H groups in total. The summed E-state index contributed by atoms with van der Waals surface area (Å²) < 4.78 is 1.84. The van der Waals surface area contributed by atoms with Crippen molar-refractivity contribution < 1.29 is 4.79 Å². The molecule has 4 atom stereocenters. The van der Waals surface area contributed by atoms with E-state index in [1.54, 1.807) is 0 Å². The summed E-state index contributed by atoms with van der Waals surface area (Å²) in [5.41, 5.74) is 1.89. The van der Waals surface area contributed by atoms with Crippen LogP contribution in [0.4, 0.5) is 0 Å². The minimum Gasteiger partial charge on any atom is -0.335 e. The zero-order valence-electron chi connectivity index (χ0n) is 15.9. The van der Waals surface area contributed by atoms with Crippen molar-refractivity contribution in [1.82, 2.24) is 14.7 Å². The Kier molecular flexibility index (Phi) is 3.11. The molecule has 5 aliphatic carbocycles. The fourth-order valence-electron chi connectivity index (χ4n) is 7.49. The van der Waals surface area contributed by atoms with Gasteiger partial charge in [0.1, 0.15) is 0 Å². The summed E-state index contributed by atoms with van der Waals surface area (Å²) in [5, 5.41) is 4.30. The number of hydrogen-bond donors (Lipinski definition) is 0. The number of carbonyl (C=O) groups is 1. The van der Waals surface area contributed by atoms with Crippen molar-refractivity contribution in [3.8, 4) is 0 Å². The summed E-state index contributed by atoms with van der Waals surface area (Å²) in [6.07, 6.45) is 13.8. The Balaban J connectivity index is 1.45. The minimum atomic E-state index is -0.0757. The maximum atomic E-state index is 13.9. The van der Waals surface area contributed by atoms with Gasteiger partial charge in [-0.15, -0.1) is 0 Å². The van der Waals surface area contributed by atoms with Crippen LogP contribution < -0.4 is 0 Å². The zero-order chi connectivity index (χ0) is 17.4. The fourth-order valence-corrected chi connectivity index (χ4v) is 7.49. The molecule has 1 heterocycles. The third-order valence-electron chi connectivity index (χ3n) is 7.44. The molecule has 25 heavy (non-hydrogen) atoms. The van der Waals surface area contributed by atoms with Crippen LogP contribution in [-0.2, 0) is 18.4 Å². The van der Waals surface area contributed by atoms with E-state index < -0.39 is 0 Å². The molecule has 6 rings (SSSR count). The van der Waals surface area contributed by atoms with Crippen LogP contribution >= 0.6 is 0 Å². The molecule has 5 fully saturated rings. The normalized spacial score (nSPS) is 42.0. The number of hydrogen-bond acceptors (Lipinski definition) is 2. The molecule has 0 spiro atoms. The molecule has 0 aliphatic heterocycles. The van der Waals surface area contributed by atoms with Gasteiger partial charge in [-0.1, -0.05) is 13.8 Å². The molecule has 0 radical (unpaired) electrons. The first kappa shape index (κ1) is 15.9. The van der Waals surface area contributed by atoms with Crippen molar-refractivity contribution >= 4 is 5.91 Å². The van der Waals surface area contributed by atoms with Crippen molar-refractivity contribution in [3.63, 3.8) is 0 Å². The fraction of sp³-hybridized carbons (Fsp3) is 0.810. The third-order valence-corrected chi connectivity index (χ3v) is 7.44. The monoisotopic (exact) mass is 341 g/mol. The number of aromatic nitrogens is 2. The highest BCUT2D eigenvalue weighted by atomic mass is 16.2. The molecule has 0 aromatic carbocycles. The Morgan fingerprint density at radius 3 is 2.40 bits per heavy atom. The van der Waals surface area contributed by atoms with Gasteiger partial charge in [0.2, 0.25) is 5.91 Å². The van der Waals surface area contributed by atoms with E-state index in [1.807, 2.05) is 17.9 Å². The van der Waals surface area contributed by atoms with Gasteiger partial charge < -0.3 is 4.90 Å². The quantitative estimate of drug-likeness (QED) is 0.833. The highest BCUT2D eigenvalue weighted by Gasteiger charge is 2.63. The Morgan fingerprint density at radius 1 is 1.20 bits per heavy atom. The highest BCUT2D eigenvalue weighted by Crippen LogP contribution is 2.70. The van der Waals surface area contributed by atoms with Crippen LogP contribution in [0.3, 0.4) is 0 Å². The topological polar surface area (TPSA) is 38.1 Å². The van der Waals surface area contributed by atoms with E-state index in [2.05, 4.69) is 30.0 Å². The molecule has 4 nitrogen and oxygen atoms in total. The maximum Gasteiger partial charge on any atom is 0.229 e. The molecule has 1 aromatic rings. The van der Waals surface area contributed by atoms with Gasteiger partial charge in [0.15, 0.2) is 0 Å². The first-order valence-corrected chi connectivity index (χ1v) is 10.1. The standard InChI is InChI=1S/C21H31N3O/c1-19-6-15-7-20(2,12-19)14-21(8-15,13-19)18(25)24(17-4-5-17)11-16-9-22-23(3)10-16/h9-10,15,17H,4-8,11-14H2,1-3H3/t15?,19-,20+,21?. The molecule has 4 heteroatoms. The molecular weight excluding hydrogens is 310 g/mol. The summed E-state index contributed by atoms with van der Waals surface area (Å²) in [5.74, 6) is 1.25. The Morgan fingerprint density at radius 2 is 1.88 bits per heavy atom. The molecule has 0 saturated heterocycles. The third kappa shape index (κ3) is 2.55. The number of rotatable bonds is 4. The summed E-state index contributed by atoms with van der Waals surface area (Å²) in [7, 11) is 1.95. The molecular formula is C21H31N3O. The van der Waals surface area contributed by atoms with Crippen molar-refractivity contribution in [2.75, 3.05) is 0 Å². The second-order valence-electron chi connectivity index (χ2n) is 10.6. The van der Waals surface area contributed by atoms with Gasteiger partial charge in [0.25, 0.3) is 0 Å². The van der Waals surface area contributed by atoms with E-state index in [0.717, 1.165) is 31.7 Å². The SMILES string of the molecule is Cn1cc(CN(C(=O)C23CC4C[C@@](C)(C2)C[C@](C)(C4)C3)C2CC2)cn1. The smallest absolute Gasteiger partial charge is 0.229 e. The van der Waals surface area contributed by atoms with Crippen LogP contribution in [0.1, 0.15) is 70.8 Å². The maximum absolute atomic E-state index is 13.9. The lowest BCUT2D eigenvalue weighted by Gasteiger charge is -2.65. The van der Waals surface area contributed by atoms with Gasteiger partial charge in [0, 0.05) is 31.4 Å². The molecule has 136 valence electrons. The number of amides is 1. The van der Waals surface area contributed by atoms with E-state index in [1.165, 1.54) is 37.7 Å². The predicted molar refractivity (Wildman–Crippen MR) is 96.6 cm³/mol. The Labute approximate surface area is 151 Å². The van der Waals surface area contributed by atoms with Crippen molar-refractivity contribution in [2.45, 2.75) is 77.8 Å². The second-order valence-corrected chi connectivity index (χ2v) is 10.6. The van der Waals surface area contributed by atoms with Gasteiger partial charge in [-0.05, 0) is 68.1 Å². The van der Waals surface area contributed by atoms with Gasteiger partial charge >= 0.3 is 0 Å². The molecule has 1 amide bonds. The van der Waals surface area contributed by atoms with Crippen LogP contribution in [0.15, 0.2) is 12.4 Å². The Bertz CT molecular complexity index is 700. The first-order valence-electron chi connectivity index (χ1n) is 10.1. The molecule has 5 saturated carbocycles. The summed E-state index contributed by atoms with van der Waals surface area (Å²) in [4.78, 5) is 16.1. The molecule has 4 bridgehead atoms. The van der Waals surface area contributed by atoms with E-state index in [-0.39, 0.29) is 5.41 Å². The van der Waals surface area contributed by atoms with Gasteiger partial charge in [-0.3, -0.25) is 9.48 Å². The number of carbonyl (C=O) groups excluding carboxylic acids is 1. The molecule has 2 unspecified atom stereocenters. The van der Waals surface area contributed by atoms with E-state index >= 15 is 0 Å². The second kappa shape index (κ2) is 4.89. The average molecular weight is 341 g/mol. The summed E-state index contributed by atoms with van der Waals surface area (Å²) in [6, 6.07) is 0.473. The summed E-state index contributed by atoms with van der Waals surface area (Å²) >= 11 is 0. The van der Waals surface area contributed by atoms with Crippen LogP contribution in [0.2, 0.25) is 0 Å². The van der Waals surface area contributed by atoms with Crippen LogP contribution in [0.25, 0.3) is 0 Å². The van der Waals surface area contributed by atoms with Crippen molar-refractivity contribution in [1.29, 1.82) is 0 Å². The molecule has 5 aliphatic rings. The first-order chi connectivity index (χ1) is 11.8. The predicted octanol–water partition coefficient (Wildman–Crippen LogP) is 3.91. The Hall–Kier alpha value is -1.32. The van der Waals surface area contributed by atoms with Crippen LogP contribution in [-0.4, -0.2) is 26.6 Å². The number of nitrogens with zero attached hydrogens (tertiary/aromatic N) is 3. The van der Waals surface area contributed by atoms with E-state index in [0.29, 0.717) is 22.8 Å². The van der Waals surface area contributed by atoms with Crippen LogP contribution in [0, 0.1) is 22.2 Å². The van der Waals surface area contributed by atoms with E-state index in [4.69, 9.17) is 0 Å². The lowest BCUT2D eigenvalue weighted by Crippen LogP contribution is -2.60. The van der Waals surface area contributed by atoms with E-state index in [9.17, 15) is 4.79 Å². The summed E-state index contributed by atoms with van der Waals surface area (Å²) in [6.45, 7) is 5.66. The number of aryl methyl sites for hydroxylation is 1. The van der Waals surface area contributed by atoms with Gasteiger partial charge in [0.05, 0.1) is 11.6 Å². The zero-order valence-corrected chi connectivity index (χ0v) is 15.9.